The molecule has 4 heteroatoms. The summed E-state index contributed by atoms with van der Waals surface area (Å²) < 4.78 is 0. The molecule has 0 aromatic rings. The summed E-state index contributed by atoms with van der Waals surface area (Å²) in [5.74, 6) is 0.940. The van der Waals surface area contributed by atoms with Gasteiger partial charge in [-0.3, -0.25) is 4.99 Å². The van der Waals surface area contributed by atoms with Crippen LogP contribution in [0.15, 0.2) is 4.99 Å². The van der Waals surface area contributed by atoms with Crippen molar-refractivity contribution in [1.29, 1.82) is 0 Å². The first-order chi connectivity index (χ1) is 8.63. The lowest BCUT2D eigenvalue weighted by molar-refractivity contribution is 0.297. The highest BCUT2D eigenvalue weighted by molar-refractivity contribution is 5.79. The molecule has 0 saturated heterocycles. The fourth-order valence-electron chi connectivity index (χ4n) is 1.77. The van der Waals surface area contributed by atoms with Gasteiger partial charge in [-0.25, -0.2) is 0 Å². The van der Waals surface area contributed by atoms with Crippen molar-refractivity contribution >= 4 is 5.96 Å². The molecule has 0 amide bonds. The van der Waals surface area contributed by atoms with E-state index in [0.717, 1.165) is 38.6 Å². The predicted octanol–water partition coefficient (Wildman–Crippen LogP) is 2.07. The molecule has 108 valence electrons. The predicted molar refractivity (Wildman–Crippen MR) is 81.3 cm³/mol. The Labute approximate surface area is 113 Å². The summed E-state index contributed by atoms with van der Waals surface area (Å²) in [7, 11) is 0. The first-order valence-electron chi connectivity index (χ1n) is 7.41. The maximum Gasteiger partial charge on any atom is 0.191 e. The fraction of sp³-hybridized carbons (Fsp3) is 0.929. The van der Waals surface area contributed by atoms with Crippen LogP contribution in [0.25, 0.3) is 0 Å². The molecule has 18 heavy (non-hydrogen) atoms. The molecular weight excluding hydrogens is 224 g/mol. The lowest BCUT2D eigenvalue weighted by Gasteiger charge is -2.17. The largest absolute Gasteiger partial charge is 0.357 e. The Hall–Kier alpha value is -0.770. The van der Waals surface area contributed by atoms with Crippen molar-refractivity contribution in [3.8, 4) is 0 Å². The second-order valence-corrected chi connectivity index (χ2v) is 4.79. The molecule has 4 nitrogen and oxygen atoms in total. The second kappa shape index (κ2) is 11.3. The number of hydrogen-bond donors (Lipinski definition) is 2. The van der Waals surface area contributed by atoms with Crippen LogP contribution in [0.4, 0.5) is 0 Å². The van der Waals surface area contributed by atoms with Gasteiger partial charge in [-0.2, -0.15) is 0 Å². The Morgan fingerprint density at radius 3 is 2.28 bits per heavy atom. The van der Waals surface area contributed by atoms with Crippen LogP contribution in [0.1, 0.15) is 47.5 Å². The molecular formula is C14H32N4. The van der Waals surface area contributed by atoms with Crippen molar-refractivity contribution in [2.45, 2.75) is 53.5 Å². The third kappa shape index (κ3) is 9.28. The molecule has 0 fully saturated rings. The van der Waals surface area contributed by atoms with E-state index in [-0.39, 0.29) is 0 Å². The van der Waals surface area contributed by atoms with Crippen LogP contribution in [-0.2, 0) is 0 Å². The molecule has 0 atom stereocenters. The van der Waals surface area contributed by atoms with Crippen LogP contribution < -0.4 is 10.6 Å². The van der Waals surface area contributed by atoms with E-state index in [0.29, 0.717) is 6.04 Å². The fourth-order valence-corrected chi connectivity index (χ4v) is 1.77. The number of nitrogens with zero attached hydrogens (tertiary/aromatic N) is 2. The van der Waals surface area contributed by atoms with E-state index in [1.165, 1.54) is 13.0 Å². The second-order valence-electron chi connectivity index (χ2n) is 4.79. The number of unbranched alkanes of at least 4 members (excludes halogenated alkanes) is 1. The summed E-state index contributed by atoms with van der Waals surface area (Å²) in [6.45, 7) is 16.1. The smallest absolute Gasteiger partial charge is 0.191 e. The molecule has 0 saturated carbocycles. The van der Waals surface area contributed by atoms with E-state index in [1.54, 1.807) is 0 Å². The number of aliphatic imine (C=N–C) groups is 1. The summed E-state index contributed by atoms with van der Waals surface area (Å²) in [6, 6.07) is 0.429. The Morgan fingerprint density at radius 1 is 1.11 bits per heavy atom. The van der Waals surface area contributed by atoms with Gasteiger partial charge in [0.2, 0.25) is 0 Å². The highest BCUT2D eigenvalue weighted by atomic mass is 15.2. The van der Waals surface area contributed by atoms with Gasteiger partial charge in [0.05, 0.1) is 0 Å². The summed E-state index contributed by atoms with van der Waals surface area (Å²) in [4.78, 5) is 7.04. The van der Waals surface area contributed by atoms with Crippen molar-refractivity contribution in [1.82, 2.24) is 15.5 Å². The van der Waals surface area contributed by atoms with Gasteiger partial charge in [0.15, 0.2) is 5.96 Å². The van der Waals surface area contributed by atoms with Crippen LogP contribution >= 0.6 is 0 Å². The Kier molecular flexibility index (Phi) is 10.8. The first kappa shape index (κ1) is 17.2. The molecule has 0 unspecified atom stereocenters. The number of guanidine groups is 1. The maximum absolute atomic E-state index is 4.58. The molecule has 0 rings (SSSR count). The molecule has 0 bridgehead atoms. The summed E-state index contributed by atoms with van der Waals surface area (Å²) in [6.07, 6.45) is 2.39. The highest BCUT2D eigenvalue weighted by Gasteiger charge is 2.00. The average molecular weight is 256 g/mol. The van der Waals surface area contributed by atoms with E-state index in [9.17, 15) is 0 Å². The molecule has 0 aromatic heterocycles. The van der Waals surface area contributed by atoms with Crippen LogP contribution in [0.5, 0.6) is 0 Å². The Morgan fingerprint density at radius 2 is 1.78 bits per heavy atom. The quantitative estimate of drug-likeness (QED) is 0.377. The molecule has 2 N–H and O–H groups in total. The van der Waals surface area contributed by atoms with Gasteiger partial charge in [-0.15, -0.1) is 0 Å². The number of rotatable bonds is 9. The zero-order chi connectivity index (χ0) is 13.8. The Bertz CT molecular complexity index is 210. The zero-order valence-corrected chi connectivity index (χ0v) is 12.9. The standard InChI is InChI=1S/C14H32N4/c1-6-15-14(17-13(4)5)16-11-9-10-12-18(7-2)8-3/h13H,6-12H2,1-5H3,(H2,15,16,17). The molecule has 0 aliphatic heterocycles. The molecule has 0 aromatic carbocycles. The monoisotopic (exact) mass is 256 g/mol. The molecule has 0 aliphatic carbocycles. The van der Waals surface area contributed by atoms with Gasteiger partial charge >= 0.3 is 0 Å². The summed E-state index contributed by atoms with van der Waals surface area (Å²) >= 11 is 0. The minimum Gasteiger partial charge on any atom is -0.357 e. The zero-order valence-electron chi connectivity index (χ0n) is 12.9. The van der Waals surface area contributed by atoms with Gasteiger partial charge in [-0.1, -0.05) is 13.8 Å². The van der Waals surface area contributed by atoms with Gasteiger partial charge in [-0.05, 0) is 53.2 Å². The van der Waals surface area contributed by atoms with Crippen molar-refractivity contribution < 1.29 is 0 Å². The van der Waals surface area contributed by atoms with Gasteiger partial charge in [0.1, 0.15) is 0 Å². The van der Waals surface area contributed by atoms with Crippen LogP contribution in [0.3, 0.4) is 0 Å². The Balaban J connectivity index is 3.81. The number of hydrogen-bond acceptors (Lipinski definition) is 2. The minimum atomic E-state index is 0.429. The van der Waals surface area contributed by atoms with Crippen molar-refractivity contribution in [2.75, 3.05) is 32.7 Å². The van der Waals surface area contributed by atoms with Crippen LogP contribution in [-0.4, -0.2) is 49.6 Å². The van der Waals surface area contributed by atoms with E-state index in [1.807, 2.05) is 0 Å². The molecule has 0 spiro atoms. The van der Waals surface area contributed by atoms with E-state index >= 15 is 0 Å². The van der Waals surface area contributed by atoms with Gasteiger partial charge < -0.3 is 15.5 Å². The van der Waals surface area contributed by atoms with Crippen LogP contribution in [0.2, 0.25) is 0 Å². The topological polar surface area (TPSA) is 39.7 Å². The van der Waals surface area contributed by atoms with Crippen molar-refractivity contribution in [3.05, 3.63) is 0 Å². The molecule has 0 heterocycles. The maximum atomic E-state index is 4.58. The SMILES string of the molecule is CCNC(=NCCCCN(CC)CC)NC(C)C. The lowest BCUT2D eigenvalue weighted by Crippen LogP contribution is -2.41. The normalized spacial score (nSPS) is 12.3. The molecule has 0 radical (unpaired) electrons. The molecule has 0 aliphatic rings. The van der Waals surface area contributed by atoms with Crippen LogP contribution in [0, 0.1) is 0 Å². The third-order valence-corrected chi connectivity index (χ3v) is 2.82. The number of nitrogens with one attached hydrogen (secondary N) is 2. The van der Waals surface area contributed by atoms with E-state index in [4.69, 9.17) is 0 Å². The highest BCUT2D eigenvalue weighted by Crippen LogP contribution is 1.95. The summed E-state index contributed by atoms with van der Waals surface area (Å²) in [5, 5.41) is 6.60. The van der Waals surface area contributed by atoms with Crippen molar-refractivity contribution in [3.63, 3.8) is 0 Å². The minimum absolute atomic E-state index is 0.429. The van der Waals surface area contributed by atoms with Gasteiger partial charge in [0, 0.05) is 19.1 Å². The van der Waals surface area contributed by atoms with E-state index < -0.39 is 0 Å². The summed E-state index contributed by atoms with van der Waals surface area (Å²) in [5.41, 5.74) is 0. The van der Waals surface area contributed by atoms with Crippen molar-refractivity contribution in [2.24, 2.45) is 4.99 Å². The first-order valence-corrected chi connectivity index (χ1v) is 7.41. The van der Waals surface area contributed by atoms with E-state index in [2.05, 4.69) is 55.1 Å². The van der Waals surface area contributed by atoms with Gasteiger partial charge in [0.25, 0.3) is 0 Å². The lowest BCUT2D eigenvalue weighted by atomic mass is 10.3. The third-order valence-electron chi connectivity index (χ3n) is 2.82. The average Bonchev–Trinajstić information content (AvgIpc) is 2.33.